The second-order valence-corrected chi connectivity index (χ2v) is 9.33. The molecule has 1 unspecified atom stereocenters. The molecule has 0 radical (unpaired) electrons. The fourth-order valence-electron chi connectivity index (χ4n) is 3.80. The number of halogens is 1. The Morgan fingerprint density at radius 2 is 1.52 bits per heavy atom. The Hall–Kier alpha value is -1.68. The molecule has 0 saturated carbocycles. The van der Waals surface area contributed by atoms with Crippen LogP contribution < -0.4 is 0 Å². The van der Waals surface area contributed by atoms with E-state index in [0.717, 1.165) is 35.1 Å². The van der Waals surface area contributed by atoms with Crippen molar-refractivity contribution in [3.63, 3.8) is 0 Å². The predicted octanol–water partition coefficient (Wildman–Crippen LogP) is 6.95. The van der Waals surface area contributed by atoms with E-state index in [1.54, 1.807) is 7.11 Å². The second-order valence-electron chi connectivity index (χ2n) is 6.78. The summed E-state index contributed by atoms with van der Waals surface area (Å²) in [4.78, 5) is 0. The largest absolute Gasteiger partial charge is 0.372 e. The molecule has 2 aromatic carbocycles. The van der Waals surface area contributed by atoms with Gasteiger partial charge in [0.2, 0.25) is 0 Å². The molecule has 3 rings (SSSR count). The third-order valence-corrected chi connectivity index (χ3v) is 7.67. The van der Waals surface area contributed by atoms with E-state index < -0.39 is 7.60 Å². The van der Waals surface area contributed by atoms with Crippen molar-refractivity contribution >= 4 is 24.5 Å². The number of hydrogen-bond donors (Lipinski definition) is 0. The number of allylic oxidation sites excluding steroid dienone is 2. The highest BCUT2D eigenvalue weighted by Crippen LogP contribution is 2.62. The first-order valence-electron chi connectivity index (χ1n) is 9.53. The van der Waals surface area contributed by atoms with Gasteiger partial charge in [0.25, 0.3) is 0 Å². The van der Waals surface area contributed by atoms with Crippen LogP contribution >= 0.6 is 19.2 Å². The molecule has 29 heavy (non-hydrogen) atoms. The normalized spacial score (nSPS) is 17.9. The van der Waals surface area contributed by atoms with Crippen LogP contribution in [0, 0.1) is 0 Å². The molecule has 2 aromatic rings. The zero-order chi connectivity index (χ0) is 20.9. The lowest BCUT2D eigenvalue weighted by Crippen LogP contribution is -2.12. The number of methoxy groups -OCH3 is 1. The standard InChI is InChI=1S/C23H26ClO4P/c1-26-22(17-11-6-4-7-12-17)19-15-10-16-20(21(19)24)23(29(25,27-2)28-3)18-13-8-5-9-14-18/h4-9,11-14,22H,10,15-16H2,1-3H3/b23-20-. The van der Waals surface area contributed by atoms with Crippen molar-refractivity contribution < 1.29 is 18.3 Å². The maximum atomic E-state index is 13.5. The Labute approximate surface area is 177 Å². The van der Waals surface area contributed by atoms with Gasteiger partial charge in [-0.3, -0.25) is 4.57 Å². The summed E-state index contributed by atoms with van der Waals surface area (Å²) in [5.74, 6) is 0. The van der Waals surface area contributed by atoms with Gasteiger partial charge in [-0.05, 0) is 41.5 Å². The van der Waals surface area contributed by atoms with E-state index in [-0.39, 0.29) is 6.10 Å². The molecule has 0 N–H and O–H groups in total. The van der Waals surface area contributed by atoms with Crippen molar-refractivity contribution in [2.24, 2.45) is 0 Å². The average molecular weight is 433 g/mol. The van der Waals surface area contributed by atoms with E-state index in [4.69, 9.17) is 25.4 Å². The van der Waals surface area contributed by atoms with Crippen LogP contribution in [0.2, 0.25) is 0 Å². The fourth-order valence-corrected chi connectivity index (χ4v) is 5.78. The number of benzene rings is 2. The molecule has 1 aliphatic carbocycles. The minimum absolute atomic E-state index is 0.263. The minimum Gasteiger partial charge on any atom is -0.372 e. The van der Waals surface area contributed by atoms with Crippen molar-refractivity contribution in [3.05, 3.63) is 88.0 Å². The van der Waals surface area contributed by atoms with Crippen LogP contribution in [0.3, 0.4) is 0 Å². The van der Waals surface area contributed by atoms with Gasteiger partial charge >= 0.3 is 7.60 Å². The van der Waals surface area contributed by atoms with Crippen LogP contribution in [0.15, 0.2) is 76.8 Å². The fraction of sp³-hybridized carbons (Fsp3) is 0.304. The summed E-state index contributed by atoms with van der Waals surface area (Å²) in [5, 5.41) is 1.10. The molecule has 6 heteroatoms. The molecule has 0 bridgehead atoms. The van der Waals surface area contributed by atoms with Gasteiger partial charge in [0.1, 0.15) is 6.10 Å². The Kier molecular flexibility index (Phi) is 7.50. The molecule has 4 nitrogen and oxygen atoms in total. The maximum Gasteiger partial charge on any atom is 0.361 e. The summed E-state index contributed by atoms with van der Waals surface area (Å²) in [6, 6.07) is 19.5. The van der Waals surface area contributed by atoms with Gasteiger partial charge in [-0.1, -0.05) is 72.3 Å². The Balaban J connectivity index is 2.23. The molecule has 0 heterocycles. The molecule has 1 atom stereocenters. The molecular weight excluding hydrogens is 407 g/mol. The number of hydrogen-bond acceptors (Lipinski definition) is 4. The SMILES string of the molecule is COC(C1=C(Cl)/C(=C(/c2ccccc2)P(=O)(OC)OC)CCC1)c1ccccc1. The smallest absolute Gasteiger partial charge is 0.361 e. The molecule has 1 aliphatic rings. The second kappa shape index (κ2) is 9.88. The molecule has 154 valence electrons. The molecule has 0 aliphatic heterocycles. The Bertz CT molecular complexity index is 930. The summed E-state index contributed by atoms with van der Waals surface area (Å²) in [5.41, 5.74) is 3.59. The topological polar surface area (TPSA) is 44.8 Å². The molecule has 0 aromatic heterocycles. The lowest BCUT2D eigenvalue weighted by molar-refractivity contribution is 0.128. The average Bonchev–Trinajstić information content (AvgIpc) is 2.78. The van der Waals surface area contributed by atoms with Crippen molar-refractivity contribution in [2.75, 3.05) is 21.3 Å². The molecule has 0 saturated heterocycles. The molecule has 0 fully saturated rings. The van der Waals surface area contributed by atoms with E-state index in [2.05, 4.69) is 0 Å². The summed E-state index contributed by atoms with van der Waals surface area (Å²) >= 11 is 6.95. The number of ether oxygens (including phenoxy) is 1. The Morgan fingerprint density at radius 1 is 0.931 bits per heavy atom. The Morgan fingerprint density at radius 3 is 2.07 bits per heavy atom. The van der Waals surface area contributed by atoms with Gasteiger partial charge in [-0.2, -0.15) is 0 Å². The summed E-state index contributed by atoms with van der Waals surface area (Å²) < 4.78 is 30.1. The lowest BCUT2D eigenvalue weighted by atomic mass is 9.88. The van der Waals surface area contributed by atoms with Gasteiger partial charge in [-0.15, -0.1) is 0 Å². The van der Waals surface area contributed by atoms with Crippen LogP contribution in [-0.4, -0.2) is 21.3 Å². The minimum atomic E-state index is -3.54. The van der Waals surface area contributed by atoms with Gasteiger partial charge in [0.05, 0.1) is 5.31 Å². The van der Waals surface area contributed by atoms with Gasteiger partial charge in [0, 0.05) is 26.4 Å². The van der Waals surface area contributed by atoms with Crippen LogP contribution in [0.25, 0.3) is 5.31 Å². The quantitative estimate of drug-likeness (QED) is 0.444. The highest BCUT2D eigenvalue weighted by Gasteiger charge is 2.35. The van der Waals surface area contributed by atoms with E-state index in [9.17, 15) is 4.57 Å². The highest BCUT2D eigenvalue weighted by atomic mass is 35.5. The number of rotatable bonds is 7. The monoisotopic (exact) mass is 432 g/mol. The van der Waals surface area contributed by atoms with Crippen LogP contribution in [0.5, 0.6) is 0 Å². The van der Waals surface area contributed by atoms with Crippen molar-refractivity contribution in [1.82, 2.24) is 0 Å². The molecule has 0 spiro atoms. The van der Waals surface area contributed by atoms with E-state index in [1.165, 1.54) is 14.2 Å². The van der Waals surface area contributed by atoms with Crippen molar-refractivity contribution in [3.8, 4) is 0 Å². The first-order valence-corrected chi connectivity index (χ1v) is 11.4. The van der Waals surface area contributed by atoms with E-state index in [1.807, 2.05) is 60.7 Å². The third-order valence-electron chi connectivity index (χ3n) is 5.16. The van der Waals surface area contributed by atoms with Crippen molar-refractivity contribution in [2.45, 2.75) is 25.4 Å². The van der Waals surface area contributed by atoms with Crippen LogP contribution in [0.1, 0.15) is 36.5 Å². The summed E-state index contributed by atoms with van der Waals surface area (Å²) in [6.07, 6.45) is 2.11. The van der Waals surface area contributed by atoms with Gasteiger partial charge in [0.15, 0.2) is 0 Å². The molecule has 0 amide bonds. The first-order chi connectivity index (χ1) is 14.1. The van der Waals surface area contributed by atoms with Gasteiger partial charge in [-0.25, -0.2) is 0 Å². The highest BCUT2D eigenvalue weighted by molar-refractivity contribution is 7.65. The van der Waals surface area contributed by atoms with Crippen molar-refractivity contribution in [1.29, 1.82) is 0 Å². The zero-order valence-electron chi connectivity index (χ0n) is 16.9. The summed E-state index contributed by atoms with van der Waals surface area (Å²) in [6.45, 7) is 0. The first kappa shape index (κ1) is 22.0. The summed E-state index contributed by atoms with van der Waals surface area (Å²) in [7, 11) is 0.944. The van der Waals surface area contributed by atoms with E-state index in [0.29, 0.717) is 16.8 Å². The maximum absolute atomic E-state index is 13.5. The molecular formula is C23H26ClO4P. The van der Waals surface area contributed by atoms with Crippen LogP contribution in [-0.2, 0) is 18.3 Å². The third kappa shape index (κ3) is 4.58. The van der Waals surface area contributed by atoms with Crippen LogP contribution in [0.4, 0.5) is 0 Å². The van der Waals surface area contributed by atoms with Gasteiger partial charge < -0.3 is 13.8 Å². The predicted molar refractivity (Wildman–Crippen MR) is 118 cm³/mol. The van der Waals surface area contributed by atoms with E-state index >= 15 is 0 Å². The lowest BCUT2D eigenvalue weighted by Gasteiger charge is -2.29. The zero-order valence-corrected chi connectivity index (χ0v) is 18.6.